The first-order valence-corrected chi connectivity index (χ1v) is 8.15. The summed E-state index contributed by atoms with van der Waals surface area (Å²) in [5, 5.41) is 21.2. The molecule has 0 spiro atoms. The molecule has 0 aliphatic heterocycles. The number of hydrogen-bond donors (Lipinski definition) is 4. The monoisotopic (exact) mass is 348 g/mol. The summed E-state index contributed by atoms with van der Waals surface area (Å²) in [6.07, 6.45) is 3.18. The standard InChI is InChI=1S/C20H16N2O4/c23-19(24)17(13-9-21-15-7-3-1-5-11(13)15)18(20(25)26)14-10-22-16-8-4-2-6-12(14)16/h1-10,17-18,21-22H,(H,23,24)(H,25,26). The molecule has 2 heterocycles. The Morgan fingerprint density at radius 2 is 1.08 bits per heavy atom. The number of aliphatic carboxylic acids is 2. The predicted octanol–water partition coefficient (Wildman–Crippen LogP) is 3.69. The first-order valence-electron chi connectivity index (χ1n) is 8.15. The van der Waals surface area contributed by atoms with Crippen LogP contribution in [0.1, 0.15) is 23.0 Å². The average Bonchev–Trinajstić information content (AvgIpc) is 3.23. The van der Waals surface area contributed by atoms with Crippen molar-refractivity contribution in [3.63, 3.8) is 0 Å². The highest BCUT2D eigenvalue weighted by Crippen LogP contribution is 2.39. The van der Waals surface area contributed by atoms with Crippen LogP contribution in [-0.4, -0.2) is 32.1 Å². The average molecular weight is 348 g/mol. The fraction of sp³-hybridized carbons (Fsp3) is 0.100. The fourth-order valence-electron chi connectivity index (χ4n) is 3.61. The van der Waals surface area contributed by atoms with Gasteiger partial charge in [0.1, 0.15) is 11.8 Å². The maximum atomic E-state index is 12.1. The Kier molecular flexibility index (Phi) is 3.73. The number of aromatic nitrogens is 2. The second-order valence-corrected chi connectivity index (χ2v) is 6.21. The van der Waals surface area contributed by atoms with Gasteiger partial charge in [0.05, 0.1) is 0 Å². The SMILES string of the molecule is O=C(O)C(c1c[nH]c2ccccc12)C(C(=O)O)c1c[nH]c2ccccc12. The molecular formula is C20H16N2O4. The van der Waals surface area contributed by atoms with Gasteiger partial charge in [-0.15, -0.1) is 0 Å². The zero-order chi connectivity index (χ0) is 18.3. The van der Waals surface area contributed by atoms with E-state index in [1.54, 1.807) is 36.7 Å². The molecule has 0 bridgehead atoms. The molecule has 2 atom stereocenters. The number of nitrogens with one attached hydrogen (secondary N) is 2. The van der Waals surface area contributed by atoms with E-state index >= 15 is 0 Å². The number of fused-ring (bicyclic) bond motifs is 2. The van der Waals surface area contributed by atoms with Gasteiger partial charge in [0.25, 0.3) is 0 Å². The van der Waals surface area contributed by atoms with E-state index in [2.05, 4.69) is 9.97 Å². The first kappa shape index (κ1) is 16.0. The van der Waals surface area contributed by atoms with Crippen LogP contribution in [0.4, 0.5) is 0 Å². The minimum Gasteiger partial charge on any atom is -0.481 e. The molecule has 4 rings (SSSR count). The number of benzene rings is 2. The third kappa shape index (κ3) is 2.43. The largest absolute Gasteiger partial charge is 0.481 e. The molecule has 130 valence electrons. The van der Waals surface area contributed by atoms with Crippen LogP contribution in [0.5, 0.6) is 0 Å². The lowest BCUT2D eigenvalue weighted by molar-refractivity contribution is -0.147. The van der Waals surface area contributed by atoms with Crippen molar-refractivity contribution in [2.75, 3.05) is 0 Å². The number of carboxylic acids is 2. The van der Waals surface area contributed by atoms with E-state index in [0.717, 1.165) is 11.0 Å². The molecule has 6 nitrogen and oxygen atoms in total. The summed E-state index contributed by atoms with van der Waals surface area (Å²) in [6.45, 7) is 0. The molecule has 2 aromatic carbocycles. The number of carboxylic acid groups (broad SMARTS) is 2. The molecule has 4 N–H and O–H groups in total. The Balaban J connectivity index is 1.93. The van der Waals surface area contributed by atoms with Crippen molar-refractivity contribution >= 4 is 33.7 Å². The third-order valence-electron chi connectivity index (χ3n) is 4.78. The number of para-hydroxylation sites is 2. The van der Waals surface area contributed by atoms with Gasteiger partial charge in [-0.3, -0.25) is 9.59 Å². The second-order valence-electron chi connectivity index (χ2n) is 6.21. The van der Waals surface area contributed by atoms with Gasteiger partial charge >= 0.3 is 11.9 Å². The van der Waals surface area contributed by atoms with E-state index in [9.17, 15) is 19.8 Å². The van der Waals surface area contributed by atoms with Crippen LogP contribution in [0.25, 0.3) is 21.8 Å². The van der Waals surface area contributed by atoms with Crippen LogP contribution < -0.4 is 0 Å². The van der Waals surface area contributed by atoms with Crippen molar-refractivity contribution in [2.24, 2.45) is 0 Å². The molecule has 0 amide bonds. The normalized spacial score (nSPS) is 13.7. The molecule has 6 heteroatoms. The number of hydrogen-bond acceptors (Lipinski definition) is 2. The molecule has 2 unspecified atom stereocenters. The van der Waals surface area contributed by atoms with Crippen LogP contribution in [-0.2, 0) is 9.59 Å². The topological polar surface area (TPSA) is 106 Å². The molecule has 0 aliphatic rings. The maximum absolute atomic E-state index is 12.1. The Morgan fingerprint density at radius 1 is 0.692 bits per heavy atom. The first-order chi connectivity index (χ1) is 12.6. The summed E-state index contributed by atoms with van der Waals surface area (Å²) in [4.78, 5) is 30.3. The summed E-state index contributed by atoms with van der Waals surface area (Å²) in [7, 11) is 0. The molecule has 0 radical (unpaired) electrons. The van der Waals surface area contributed by atoms with Crippen molar-refractivity contribution in [2.45, 2.75) is 11.8 Å². The minimum atomic E-state index is -1.22. The molecule has 0 saturated heterocycles. The highest BCUT2D eigenvalue weighted by atomic mass is 16.4. The molecule has 0 fully saturated rings. The number of H-pyrrole nitrogens is 2. The van der Waals surface area contributed by atoms with Crippen LogP contribution in [0, 0.1) is 0 Å². The Hall–Kier alpha value is -3.54. The molecule has 26 heavy (non-hydrogen) atoms. The summed E-state index contributed by atoms with van der Waals surface area (Å²) < 4.78 is 0. The number of aromatic amines is 2. The van der Waals surface area contributed by atoms with E-state index in [4.69, 9.17) is 0 Å². The van der Waals surface area contributed by atoms with Crippen LogP contribution in [0.15, 0.2) is 60.9 Å². The Morgan fingerprint density at radius 3 is 1.46 bits per heavy atom. The zero-order valence-corrected chi connectivity index (χ0v) is 13.6. The van der Waals surface area contributed by atoms with E-state index in [1.807, 2.05) is 24.3 Å². The van der Waals surface area contributed by atoms with Gasteiger partial charge in [-0.05, 0) is 23.3 Å². The Labute approximate surface area is 148 Å². The summed E-state index contributed by atoms with van der Waals surface area (Å²) in [5.74, 6) is -4.79. The minimum absolute atomic E-state index is 0.464. The quantitative estimate of drug-likeness (QED) is 0.441. The van der Waals surface area contributed by atoms with Gasteiger partial charge in [-0.25, -0.2) is 0 Å². The smallest absolute Gasteiger partial charge is 0.312 e. The van der Waals surface area contributed by atoms with Gasteiger partial charge in [0.2, 0.25) is 0 Å². The van der Waals surface area contributed by atoms with E-state index in [-0.39, 0.29) is 0 Å². The summed E-state index contributed by atoms with van der Waals surface area (Å²) >= 11 is 0. The van der Waals surface area contributed by atoms with Gasteiger partial charge in [0, 0.05) is 34.2 Å². The summed E-state index contributed by atoms with van der Waals surface area (Å²) in [6, 6.07) is 14.6. The Bertz CT molecular complexity index is 1030. The lowest BCUT2D eigenvalue weighted by Crippen LogP contribution is -2.26. The van der Waals surface area contributed by atoms with Gasteiger partial charge in [0.15, 0.2) is 0 Å². The van der Waals surface area contributed by atoms with E-state index in [0.29, 0.717) is 21.9 Å². The lowest BCUT2D eigenvalue weighted by atomic mass is 9.81. The van der Waals surface area contributed by atoms with Gasteiger partial charge in [-0.2, -0.15) is 0 Å². The zero-order valence-electron chi connectivity index (χ0n) is 13.6. The lowest BCUT2D eigenvalue weighted by Gasteiger charge is -2.20. The molecule has 0 saturated carbocycles. The van der Waals surface area contributed by atoms with Gasteiger partial charge in [-0.1, -0.05) is 36.4 Å². The van der Waals surface area contributed by atoms with Crippen molar-refractivity contribution in [1.29, 1.82) is 0 Å². The van der Waals surface area contributed by atoms with E-state index < -0.39 is 23.8 Å². The number of carbonyl (C=O) groups is 2. The number of rotatable bonds is 5. The maximum Gasteiger partial charge on any atom is 0.312 e. The highest BCUT2D eigenvalue weighted by molar-refractivity contribution is 5.97. The van der Waals surface area contributed by atoms with Crippen molar-refractivity contribution < 1.29 is 19.8 Å². The highest BCUT2D eigenvalue weighted by Gasteiger charge is 2.39. The summed E-state index contributed by atoms with van der Waals surface area (Å²) in [5.41, 5.74) is 2.48. The van der Waals surface area contributed by atoms with Crippen LogP contribution in [0.2, 0.25) is 0 Å². The molecule has 0 aliphatic carbocycles. The van der Waals surface area contributed by atoms with Crippen LogP contribution >= 0.6 is 0 Å². The van der Waals surface area contributed by atoms with Crippen LogP contribution in [0.3, 0.4) is 0 Å². The van der Waals surface area contributed by atoms with Crippen molar-refractivity contribution in [3.8, 4) is 0 Å². The van der Waals surface area contributed by atoms with Crippen molar-refractivity contribution in [3.05, 3.63) is 72.1 Å². The molecular weight excluding hydrogens is 332 g/mol. The third-order valence-corrected chi connectivity index (χ3v) is 4.78. The van der Waals surface area contributed by atoms with E-state index in [1.165, 1.54) is 0 Å². The predicted molar refractivity (Wildman–Crippen MR) is 97.4 cm³/mol. The van der Waals surface area contributed by atoms with Gasteiger partial charge < -0.3 is 20.2 Å². The molecule has 2 aromatic heterocycles. The molecule has 4 aromatic rings. The fourth-order valence-corrected chi connectivity index (χ4v) is 3.61. The second kappa shape index (κ2) is 6.07. The van der Waals surface area contributed by atoms with Crippen molar-refractivity contribution in [1.82, 2.24) is 9.97 Å².